The zero-order valence-electron chi connectivity index (χ0n) is 68.2. The minimum Gasteiger partial charge on any atom is -0.458 e. The lowest BCUT2D eigenvalue weighted by Gasteiger charge is -2.34. The number of hydrogen-bond donors (Lipinski definition) is 0. The molecule has 0 atom stereocenters. The summed E-state index contributed by atoms with van der Waals surface area (Å²) in [4.78, 5) is 4.81. The highest BCUT2D eigenvalue weighted by atomic mass is 28.3. The molecule has 0 amide bonds. The van der Waals surface area contributed by atoms with Crippen molar-refractivity contribution < 1.29 is 46.3 Å². The SMILES string of the molecule is [2H]c1c([2H])c([2H])c(-c2cc(C([2H])([2H])[2H])cc(-c3c([2H])c([2H])c([2H])c([Si](c4c([2H])c([2H])c([2H])c([2H])c4[2H])(c4c([2H])c([2H])c([2H])c([2H])c4[2H])c4c([2H])c([2H])c([2H])c([2H])c4[2H])c3[2H])c2-[n+]2[c-]n(-c3cccc(Oc4ccc5c6ccccc6n(-c6cc(C(C)(C)C)ccn6)c5c4)c3)c3ccccc32)c([2H])c1[2H]. The summed E-state index contributed by atoms with van der Waals surface area (Å²) in [6.07, 6.45) is 5.06. The van der Waals surface area contributed by atoms with E-state index >= 15 is 0 Å². The lowest BCUT2D eigenvalue weighted by Crippen LogP contribution is -2.74. The molecule has 0 N–H and O–H groups in total. The van der Waals surface area contributed by atoms with Crippen LogP contribution in [-0.2, 0) is 5.41 Å². The Hall–Kier alpha value is -9.36. The van der Waals surface area contributed by atoms with E-state index in [-0.39, 0.29) is 22.2 Å². The number of hydrogen-bond acceptors (Lipinski definition) is 2. The summed E-state index contributed by atoms with van der Waals surface area (Å²) in [6, 6.07) is 5.17. The van der Waals surface area contributed by atoms with Crippen LogP contribution < -0.4 is 30.1 Å². The first-order chi connectivity index (χ1) is 48.9. The van der Waals surface area contributed by atoms with Crippen LogP contribution in [0.4, 0.5) is 0 Å². The van der Waals surface area contributed by atoms with Gasteiger partial charge in [-0.3, -0.25) is 13.7 Å². The maximum atomic E-state index is 10.9. The molecule has 0 aliphatic heterocycles. The van der Waals surface area contributed by atoms with Gasteiger partial charge in [0, 0.05) is 27.1 Å². The molecule has 3 aromatic heterocycles. The van der Waals surface area contributed by atoms with E-state index in [0.29, 0.717) is 17.3 Å². The fraction of sp³-hybridized carbons (Fsp3) is 0.0704. The average Bonchev–Trinajstić information content (AvgIpc) is 0.970. The third kappa shape index (κ3) is 8.44. The molecule has 0 radical (unpaired) electrons. The Bertz CT molecular complexity index is 5620. The van der Waals surface area contributed by atoms with Gasteiger partial charge in [0.25, 0.3) is 6.33 Å². The van der Waals surface area contributed by atoms with Crippen LogP contribution in [0.1, 0.15) is 68.9 Å². The number of fused-ring (bicyclic) bond motifs is 4. The highest BCUT2D eigenvalue weighted by Gasteiger charge is 2.41. The van der Waals surface area contributed by atoms with Crippen LogP contribution in [0.2, 0.25) is 0 Å². The van der Waals surface area contributed by atoms with Gasteiger partial charge in [-0.1, -0.05) is 232 Å². The molecule has 0 unspecified atom stereocenters. The van der Waals surface area contributed by atoms with Crippen LogP contribution in [0.3, 0.4) is 0 Å². The van der Waals surface area contributed by atoms with Crippen LogP contribution in [0.25, 0.3) is 72.3 Å². The molecule has 0 aliphatic rings. The third-order valence-electron chi connectivity index (χ3n) is 13.4. The van der Waals surface area contributed by atoms with E-state index in [1.807, 2.05) is 54.6 Å². The van der Waals surface area contributed by atoms with Crippen LogP contribution in [0, 0.1) is 13.2 Å². The van der Waals surface area contributed by atoms with Gasteiger partial charge in [0.05, 0.1) is 66.3 Å². The molecular weight excluding hydrogens is 953 g/mol. The second-order valence-electron chi connectivity index (χ2n) is 19.0. The number of aromatic nitrogens is 4. The van der Waals surface area contributed by atoms with Crippen molar-refractivity contribution in [3.8, 4) is 50.9 Å². The minimum absolute atomic E-state index is 0.125. The van der Waals surface area contributed by atoms with Crippen molar-refractivity contribution >= 4 is 61.7 Å². The standard InChI is InChI=1S/C71H56N4OSi/c1-50-43-63(51-23-9-5-10-24-51)70(64(44-50)52-25-21-34-60(45-52)77(57-28-11-6-12-29-57,58-30-13-7-14-31-58)59-32-15-8-16-33-59)74-49-73(66-37-19-20-38-67(66)74)54-26-22-27-55(47-54)76-56-39-40-62-61-35-17-18-36-65(61)75(68(62)48-56)69-46-53(41-42-72-69)71(2,3)4/h5-48H,1-4H3/i1D3,5D,6D,7D,8D,9D,10D,11D,12D,13D,14D,15D,16D,21D,23D,24D,25D,28D,29D,30D,31D,32D,33D,34D,45D. The molecule has 0 aliphatic carbocycles. The number of pyridine rings is 1. The second-order valence-corrected chi connectivity index (χ2v) is 22.5. The number of aryl methyl sites for hydroxylation is 1. The number of nitrogens with zero attached hydrogens (tertiary/aromatic N) is 4. The Morgan fingerprint density at radius 1 is 0.545 bits per heavy atom. The van der Waals surface area contributed by atoms with Crippen LogP contribution >= 0.6 is 0 Å². The van der Waals surface area contributed by atoms with Gasteiger partial charge in [-0.05, 0) is 109 Å². The van der Waals surface area contributed by atoms with Gasteiger partial charge in [-0.2, -0.15) is 0 Å². The predicted octanol–water partition coefficient (Wildman–Crippen LogP) is 14.3. The molecule has 0 bridgehead atoms. The van der Waals surface area contributed by atoms with E-state index in [1.165, 1.54) is 9.13 Å². The van der Waals surface area contributed by atoms with Crippen molar-refractivity contribution in [1.29, 1.82) is 0 Å². The van der Waals surface area contributed by atoms with Crippen LogP contribution in [0.15, 0.2) is 266 Å². The molecular formula is C71H56N4OSi. The van der Waals surface area contributed by atoms with Crippen molar-refractivity contribution in [3.63, 3.8) is 0 Å². The van der Waals surface area contributed by atoms with E-state index in [4.69, 9.17) is 30.3 Å². The molecule has 3 heterocycles. The maximum Gasteiger partial charge on any atom is 0.269 e. The molecule has 0 saturated heterocycles. The van der Waals surface area contributed by atoms with Gasteiger partial charge >= 0.3 is 0 Å². The first kappa shape index (κ1) is 26.4. The third-order valence-corrected chi connectivity index (χ3v) is 17.4. The monoisotopic (exact) mass is 1040 g/mol. The summed E-state index contributed by atoms with van der Waals surface area (Å²) >= 11 is 0. The second kappa shape index (κ2) is 19.4. The first-order valence-corrected chi connectivity index (χ1v) is 26.2. The van der Waals surface area contributed by atoms with Gasteiger partial charge in [0.15, 0.2) is 8.07 Å². The molecule has 370 valence electrons. The highest BCUT2D eigenvalue weighted by molar-refractivity contribution is 7.19. The van der Waals surface area contributed by atoms with E-state index in [2.05, 4.69) is 31.7 Å². The van der Waals surface area contributed by atoms with Gasteiger partial charge in [0.1, 0.15) is 17.3 Å². The molecule has 5 nitrogen and oxygen atoms in total. The van der Waals surface area contributed by atoms with E-state index in [9.17, 15) is 16.4 Å². The van der Waals surface area contributed by atoms with Crippen LogP contribution in [-0.4, -0.2) is 22.2 Å². The van der Waals surface area contributed by atoms with Gasteiger partial charge in [-0.25, -0.2) is 4.98 Å². The molecule has 0 spiro atoms. The predicted molar refractivity (Wildman–Crippen MR) is 320 cm³/mol. The first-order valence-electron chi connectivity index (χ1n) is 37.7. The highest BCUT2D eigenvalue weighted by Crippen LogP contribution is 2.38. The molecule has 77 heavy (non-hydrogen) atoms. The fourth-order valence-corrected chi connectivity index (χ4v) is 13.4. The fourth-order valence-electron chi connectivity index (χ4n) is 9.88. The summed E-state index contributed by atoms with van der Waals surface area (Å²) in [5, 5.41) is -2.70. The molecule has 10 aromatic carbocycles. The van der Waals surface area contributed by atoms with Crippen molar-refractivity contribution in [2.24, 2.45) is 0 Å². The molecule has 13 aromatic rings. The Kier molecular flexibility index (Phi) is 6.66. The minimum atomic E-state index is -6.51. The quantitative estimate of drug-likeness (QED) is 0.0560. The van der Waals surface area contributed by atoms with Crippen molar-refractivity contribution in [2.75, 3.05) is 0 Å². The van der Waals surface area contributed by atoms with E-state index < -0.39 is 214 Å². The average molecular weight is 1040 g/mol. The van der Waals surface area contributed by atoms with Crippen molar-refractivity contribution in [2.45, 2.75) is 33.0 Å². The number of rotatable bonds is 11. The Labute approximate surface area is 489 Å². The molecule has 0 saturated carbocycles. The molecule has 13 rings (SSSR count). The lowest BCUT2D eigenvalue weighted by molar-refractivity contribution is -0.571. The Morgan fingerprint density at radius 2 is 1.14 bits per heavy atom. The van der Waals surface area contributed by atoms with Crippen LogP contribution in [0.5, 0.6) is 11.5 Å². The number of ether oxygens (including phenoxy) is 1. The van der Waals surface area contributed by atoms with E-state index in [1.54, 1.807) is 54.7 Å². The maximum absolute atomic E-state index is 10.9. The normalized spacial score (nSPS) is 17.0. The van der Waals surface area contributed by atoms with Gasteiger partial charge < -0.3 is 4.74 Å². The number of imidazole rings is 1. The zero-order chi connectivity index (χ0) is 75.5. The Morgan fingerprint density at radius 3 is 1.83 bits per heavy atom. The van der Waals surface area contributed by atoms with Crippen molar-refractivity contribution in [1.82, 2.24) is 14.1 Å². The van der Waals surface area contributed by atoms with E-state index in [0.717, 1.165) is 39.5 Å². The van der Waals surface area contributed by atoms with Crippen molar-refractivity contribution in [3.05, 3.63) is 284 Å². The summed E-state index contributed by atoms with van der Waals surface area (Å²) in [7, 11) is -6.51. The lowest BCUT2D eigenvalue weighted by atomic mass is 9.88. The summed E-state index contributed by atoms with van der Waals surface area (Å²) in [6.45, 7) is 3.05. The Balaban J connectivity index is 1.16. The molecule has 0 fully saturated rings. The summed E-state index contributed by atoms with van der Waals surface area (Å²) < 4.78 is 265. The molecule has 6 heteroatoms. The smallest absolute Gasteiger partial charge is 0.269 e. The number of benzene rings is 10. The zero-order valence-corrected chi connectivity index (χ0v) is 42.2. The largest absolute Gasteiger partial charge is 0.458 e. The summed E-state index contributed by atoms with van der Waals surface area (Å²) in [5.74, 6) is 1.37. The van der Waals surface area contributed by atoms with Gasteiger partial charge in [-0.15, -0.1) is 0 Å². The topological polar surface area (TPSA) is 35.9 Å². The summed E-state index contributed by atoms with van der Waals surface area (Å²) in [5.41, 5.74) is -0.709. The van der Waals surface area contributed by atoms with Gasteiger partial charge in [0.2, 0.25) is 0 Å². The number of para-hydroxylation sites is 3.